The number of ether oxygens (including phenoxy) is 1. The second kappa shape index (κ2) is 4.42. The predicted octanol–water partition coefficient (Wildman–Crippen LogP) is 1.16. The van der Waals surface area contributed by atoms with Crippen molar-refractivity contribution in [3.05, 3.63) is 34.9 Å². The quantitative estimate of drug-likeness (QED) is 0.837. The summed E-state index contributed by atoms with van der Waals surface area (Å²) in [6.45, 7) is 0. The highest BCUT2D eigenvalue weighted by Crippen LogP contribution is 2.34. The molecule has 0 radical (unpaired) electrons. The highest BCUT2D eigenvalue weighted by atomic mass is 16.5. The van der Waals surface area contributed by atoms with Crippen LogP contribution in [0.4, 0.5) is 0 Å². The summed E-state index contributed by atoms with van der Waals surface area (Å²) in [4.78, 5) is 36.7. The van der Waals surface area contributed by atoms with Crippen LogP contribution in [0.5, 0.6) is 0 Å². The van der Waals surface area contributed by atoms with Gasteiger partial charge in [0, 0.05) is 13.2 Å². The lowest BCUT2D eigenvalue weighted by Gasteiger charge is -2.38. The van der Waals surface area contributed by atoms with E-state index in [1.807, 2.05) is 0 Å². The number of carboxylic acid groups (broad SMARTS) is 1. The van der Waals surface area contributed by atoms with Crippen LogP contribution in [0.25, 0.3) is 0 Å². The topological polar surface area (TPSA) is 83.9 Å². The molecular formula is C14H13NO5. The number of carbonyl (C=O) groups is 3. The Morgan fingerprint density at radius 2 is 1.90 bits per heavy atom. The van der Waals surface area contributed by atoms with Crippen molar-refractivity contribution >= 4 is 17.8 Å². The van der Waals surface area contributed by atoms with E-state index in [-0.39, 0.29) is 34.7 Å². The minimum Gasteiger partial charge on any atom is -0.478 e. The number of aromatic carboxylic acids is 1. The van der Waals surface area contributed by atoms with Gasteiger partial charge in [-0.25, -0.2) is 4.79 Å². The van der Waals surface area contributed by atoms with Crippen molar-refractivity contribution in [1.29, 1.82) is 0 Å². The molecule has 1 N–H and O–H groups in total. The van der Waals surface area contributed by atoms with Gasteiger partial charge in [-0.3, -0.25) is 14.5 Å². The summed E-state index contributed by atoms with van der Waals surface area (Å²) in [6.07, 6.45) is 1.35. The Kier molecular flexibility index (Phi) is 2.83. The Hall–Kier alpha value is -2.21. The van der Waals surface area contributed by atoms with Crippen LogP contribution >= 0.6 is 0 Å². The summed E-state index contributed by atoms with van der Waals surface area (Å²) in [5.74, 6) is -1.87. The molecule has 3 rings (SSSR count). The second-order valence-corrected chi connectivity index (χ2v) is 5.03. The summed E-state index contributed by atoms with van der Waals surface area (Å²) < 4.78 is 5.15. The number of rotatable bonds is 3. The van der Waals surface area contributed by atoms with E-state index in [1.165, 1.54) is 23.1 Å². The minimum atomic E-state index is -1.12. The maximum Gasteiger partial charge on any atom is 0.335 e. The minimum absolute atomic E-state index is 0.00938. The lowest BCUT2D eigenvalue weighted by molar-refractivity contribution is -0.0142. The van der Waals surface area contributed by atoms with Crippen molar-refractivity contribution in [1.82, 2.24) is 4.90 Å². The molecule has 6 nitrogen and oxygen atoms in total. The molecule has 0 unspecified atom stereocenters. The number of hydrogen-bond donors (Lipinski definition) is 1. The molecule has 1 saturated carbocycles. The van der Waals surface area contributed by atoms with E-state index in [9.17, 15) is 14.4 Å². The standard InChI is InChI=1S/C14H13NO5/c1-20-9-5-8(6-9)15-12(16)10-3-2-7(14(18)19)4-11(10)13(15)17/h2-4,8-9H,5-6H2,1H3,(H,18,19). The van der Waals surface area contributed by atoms with E-state index in [4.69, 9.17) is 9.84 Å². The molecule has 0 atom stereocenters. The molecule has 1 fully saturated rings. The van der Waals surface area contributed by atoms with Crippen molar-refractivity contribution < 1.29 is 24.2 Å². The monoisotopic (exact) mass is 275 g/mol. The fourth-order valence-corrected chi connectivity index (χ4v) is 2.67. The summed E-state index contributed by atoms with van der Waals surface area (Å²) in [5, 5.41) is 8.94. The van der Waals surface area contributed by atoms with E-state index in [2.05, 4.69) is 0 Å². The largest absolute Gasteiger partial charge is 0.478 e. The van der Waals surface area contributed by atoms with Crippen LogP contribution in [-0.2, 0) is 4.74 Å². The Labute approximate surface area is 114 Å². The molecular weight excluding hydrogens is 262 g/mol. The van der Waals surface area contributed by atoms with Gasteiger partial charge in [0.15, 0.2) is 0 Å². The maximum atomic E-state index is 12.3. The van der Waals surface area contributed by atoms with Crippen LogP contribution in [0, 0.1) is 0 Å². The molecule has 1 aromatic carbocycles. The number of fused-ring (bicyclic) bond motifs is 1. The summed E-state index contributed by atoms with van der Waals surface area (Å²) in [5.41, 5.74) is 0.465. The van der Waals surface area contributed by atoms with Crippen LogP contribution < -0.4 is 0 Å². The van der Waals surface area contributed by atoms with Crippen molar-refractivity contribution in [3.63, 3.8) is 0 Å². The Morgan fingerprint density at radius 1 is 1.25 bits per heavy atom. The number of carbonyl (C=O) groups excluding carboxylic acids is 2. The SMILES string of the molecule is COC1CC(N2C(=O)c3ccc(C(=O)O)cc3C2=O)C1. The van der Waals surface area contributed by atoms with E-state index in [1.54, 1.807) is 7.11 Å². The molecule has 20 heavy (non-hydrogen) atoms. The Morgan fingerprint density at radius 3 is 2.50 bits per heavy atom. The van der Waals surface area contributed by atoms with Crippen LogP contribution in [-0.4, -0.2) is 47.0 Å². The molecule has 1 aliphatic carbocycles. The lowest BCUT2D eigenvalue weighted by atomic mass is 9.88. The maximum absolute atomic E-state index is 12.3. The molecule has 0 bridgehead atoms. The first-order valence-electron chi connectivity index (χ1n) is 6.31. The van der Waals surface area contributed by atoms with E-state index in [0.717, 1.165) is 0 Å². The zero-order chi connectivity index (χ0) is 14.4. The number of imide groups is 1. The first-order chi connectivity index (χ1) is 9.52. The summed E-state index contributed by atoms with van der Waals surface area (Å²) in [7, 11) is 1.60. The van der Waals surface area contributed by atoms with Gasteiger partial charge in [0.25, 0.3) is 11.8 Å². The van der Waals surface area contributed by atoms with Crippen LogP contribution in [0.1, 0.15) is 43.9 Å². The number of nitrogens with zero attached hydrogens (tertiary/aromatic N) is 1. The molecule has 0 aromatic heterocycles. The molecule has 6 heteroatoms. The molecule has 104 valence electrons. The van der Waals surface area contributed by atoms with E-state index >= 15 is 0 Å². The average molecular weight is 275 g/mol. The smallest absolute Gasteiger partial charge is 0.335 e. The average Bonchev–Trinajstić information content (AvgIpc) is 2.62. The van der Waals surface area contributed by atoms with E-state index in [0.29, 0.717) is 12.8 Å². The summed E-state index contributed by atoms with van der Waals surface area (Å²) >= 11 is 0. The zero-order valence-electron chi connectivity index (χ0n) is 10.8. The zero-order valence-corrected chi connectivity index (χ0v) is 10.8. The second-order valence-electron chi connectivity index (χ2n) is 5.03. The molecule has 1 aliphatic heterocycles. The van der Waals surface area contributed by atoms with Crippen LogP contribution in [0.3, 0.4) is 0 Å². The van der Waals surface area contributed by atoms with Crippen LogP contribution in [0.15, 0.2) is 18.2 Å². The fraction of sp³-hybridized carbons (Fsp3) is 0.357. The third kappa shape index (κ3) is 1.72. The molecule has 0 spiro atoms. The Bertz CT molecular complexity index is 618. The highest BCUT2D eigenvalue weighted by molar-refractivity contribution is 6.22. The first-order valence-corrected chi connectivity index (χ1v) is 6.31. The van der Waals surface area contributed by atoms with Gasteiger partial charge in [0.05, 0.1) is 22.8 Å². The van der Waals surface area contributed by atoms with Crippen molar-refractivity contribution in [2.45, 2.75) is 25.0 Å². The number of carboxylic acids is 1. The first kappa shape index (κ1) is 12.8. The van der Waals surface area contributed by atoms with Gasteiger partial charge < -0.3 is 9.84 Å². The molecule has 0 saturated heterocycles. The van der Waals surface area contributed by atoms with Gasteiger partial charge in [-0.2, -0.15) is 0 Å². The number of methoxy groups -OCH3 is 1. The van der Waals surface area contributed by atoms with Gasteiger partial charge in [-0.15, -0.1) is 0 Å². The molecule has 2 amide bonds. The predicted molar refractivity (Wildman–Crippen MR) is 67.7 cm³/mol. The number of amides is 2. The third-order valence-electron chi connectivity index (χ3n) is 3.93. The van der Waals surface area contributed by atoms with Crippen molar-refractivity contribution in [2.75, 3.05) is 7.11 Å². The van der Waals surface area contributed by atoms with Crippen molar-refractivity contribution in [2.24, 2.45) is 0 Å². The highest BCUT2D eigenvalue weighted by Gasteiger charge is 2.45. The normalized spacial score (nSPS) is 24.6. The number of hydrogen-bond acceptors (Lipinski definition) is 4. The summed E-state index contributed by atoms with van der Waals surface area (Å²) in [6, 6.07) is 3.87. The van der Waals surface area contributed by atoms with Gasteiger partial charge in [-0.05, 0) is 31.0 Å². The number of benzene rings is 1. The Balaban J connectivity index is 1.90. The fourth-order valence-electron chi connectivity index (χ4n) is 2.67. The van der Waals surface area contributed by atoms with Crippen LogP contribution in [0.2, 0.25) is 0 Å². The third-order valence-corrected chi connectivity index (χ3v) is 3.93. The lowest BCUT2D eigenvalue weighted by Crippen LogP contribution is -2.50. The van der Waals surface area contributed by atoms with Gasteiger partial charge >= 0.3 is 5.97 Å². The van der Waals surface area contributed by atoms with Crippen molar-refractivity contribution in [3.8, 4) is 0 Å². The van der Waals surface area contributed by atoms with Gasteiger partial charge in [0.1, 0.15) is 0 Å². The molecule has 2 aliphatic rings. The van der Waals surface area contributed by atoms with Gasteiger partial charge in [-0.1, -0.05) is 0 Å². The van der Waals surface area contributed by atoms with E-state index < -0.39 is 11.9 Å². The molecule has 1 heterocycles. The van der Waals surface area contributed by atoms with Gasteiger partial charge in [0.2, 0.25) is 0 Å². The molecule has 1 aromatic rings.